The summed E-state index contributed by atoms with van der Waals surface area (Å²) in [5, 5.41) is 2.71. The molecule has 0 aliphatic carbocycles. The average Bonchev–Trinajstić information content (AvgIpc) is 2.40. The molecule has 0 saturated carbocycles. The molecule has 2 nitrogen and oxygen atoms in total. The first-order valence-electron chi connectivity index (χ1n) is 5.88. The van der Waals surface area contributed by atoms with Crippen molar-refractivity contribution < 1.29 is 22.3 Å². The Bertz CT molecular complexity index is 636. The van der Waals surface area contributed by atoms with Gasteiger partial charge in [0.05, 0.1) is 5.69 Å². The Labute approximate surface area is 126 Å². The van der Waals surface area contributed by atoms with E-state index >= 15 is 0 Å². The largest absolute Gasteiger partial charge is 0.434 e. The Morgan fingerprint density at radius 2 is 1.86 bits per heavy atom. The lowest BCUT2D eigenvalue weighted by molar-refractivity contribution is -0.0504. The molecule has 112 valence electrons. The van der Waals surface area contributed by atoms with E-state index in [0.717, 1.165) is 12.1 Å². The first-order chi connectivity index (χ1) is 9.95. The van der Waals surface area contributed by atoms with Gasteiger partial charge in [0, 0.05) is 22.6 Å². The average molecular weight is 364 g/mol. The maximum absolute atomic E-state index is 13.5. The highest BCUT2D eigenvalue weighted by molar-refractivity contribution is 9.10. The van der Waals surface area contributed by atoms with Gasteiger partial charge in [0.1, 0.15) is 17.4 Å². The molecular weight excluding hydrogens is 354 g/mol. The number of ether oxygens (including phenoxy) is 1. The molecule has 1 N–H and O–H groups in total. The van der Waals surface area contributed by atoms with Crippen molar-refractivity contribution in [1.82, 2.24) is 0 Å². The van der Waals surface area contributed by atoms with Crippen LogP contribution >= 0.6 is 15.9 Å². The lowest BCUT2D eigenvalue weighted by Crippen LogP contribution is -2.08. The predicted molar refractivity (Wildman–Crippen MR) is 74.5 cm³/mol. The highest BCUT2D eigenvalue weighted by atomic mass is 79.9. The van der Waals surface area contributed by atoms with Crippen molar-refractivity contribution in [3.63, 3.8) is 0 Å². The van der Waals surface area contributed by atoms with E-state index in [2.05, 4.69) is 26.0 Å². The predicted octanol–water partition coefficient (Wildman–Crippen LogP) is 4.94. The zero-order valence-electron chi connectivity index (χ0n) is 10.5. The minimum atomic E-state index is -2.95. The topological polar surface area (TPSA) is 21.3 Å². The van der Waals surface area contributed by atoms with Crippen LogP contribution in [0.5, 0.6) is 5.75 Å². The van der Waals surface area contributed by atoms with E-state index in [1.54, 1.807) is 12.1 Å². The molecule has 0 amide bonds. The molecule has 2 rings (SSSR count). The molecule has 7 heteroatoms. The van der Waals surface area contributed by atoms with Crippen LogP contribution in [0.4, 0.5) is 23.2 Å². The molecule has 0 fully saturated rings. The molecule has 2 aromatic rings. The molecule has 0 unspecified atom stereocenters. The quantitative estimate of drug-likeness (QED) is 0.759. The van der Waals surface area contributed by atoms with Gasteiger partial charge in [-0.2, -0.15) is 8.78 Å². The third-order valence-corrected chi connectivity index (χ3v) is 3.13. The van der Waals surface area contributed by atoms with Crippen molar-refractivity contribution in [1.29, 1.82) is 0 Å². The molecule has 0 heterocycles. The number of rotatable bonds is 5. The highest BCUT2D eigenvalue weighted by Gasteiger charge is 2.11. The summed E-state index contributed by atoms with van der Waals surface area (Å²) in [6.45, 7) is -2.91. The molecular formula is C14H10BrF4NO. The van der Waals surface area contributed by atoms with Crippen LogP contribution in [0.2, 0.25) is 0 Å². The van der Waals surface area contributed by atoms with Gasteiger partial charge in [0.2, 0.25) is 0 Å². The molecule has 0 bridgehead atoms. The Hall–Kier alpha value is -1.76. The van der Waals surface area contributed by atoms with Gasteiger partial charge in [0.15, 0.2) is 0 Å². The molecule has 0 spiro atoms. The Balaban J connectivity index is 2.16. The van der Waals surface area contributed by atoms with E-state index in [0.29, 0.717) is 10.0 Å². The van der Waals surface area contributed by atoms with E-state index in [1.165, 1.54) is 12.1 Å². The Morgan fingerprint density at radius 1 is 1.10 bits per heavy atom. The maximum atomic E-state index is 13.5. The van der Waals surface area contributed by atoms with Gasteiger partial charge in [-0.05, 0) is 30.3 Å². The van der Waals surface area contributed by atoms with Crippen LogP contribution in [0.1, 0.15) is 5.56 Å². The first kappa shape index (κ1) is 15.6. The molecule has 0 aliphatic rings. The smallest absolute Gasteiger partial charge is 0.387 e. The summed E-state index contributed by atoms with van der Waals surface area (Å²) in [5.74, 6) is -1.47. The summed E-state index contributed by atoms with van der Waals surface area (Å²) >= 11 is 3.22. The standard InChI is InChI=1S/C14H10BrF4NO/c15-9-1-4-13(21-14(18)19)8(5-9)7-20-12-3-2-10(16)6-11(12)17/h1-6,14,20H,7H2. The maximum Gasteiger partial charge on any atom is 0.387 e. The summed E-state index contributed by atoms with van der Waals surface area (Å²) in [6, 6.07) is 7.58. The third kappa shape index (κ3) is 4.35. The van der Waals surface area contributed by atoms with Crippen molar-refractivity contribution >= 4 is 21.6 Å². The van der Waals surface area contributed by atoms with E-state index < -0.39 is 18.2 Å². The van der Waals surface area contributed by atoms with Crippen LogP contribution in [0.3, 0.4) is 0 Å². The summed E-state index contributed by atoms with van der Waals surface area (Å²) in [4.78, 5) is 0. The van der Waals surface area contributed by atoms with Gasteiger partial charge >= 0.3 is 6.61 Å². The molecule has 2 aromatic carbocycles. The van der Waals surface area contributed by atoms with Crippen LogP contribution in [0, 0.1) is 11.6 Å². The first-order valence-corrected chi connectivity index (χ1v) is 6.67. The number of halogens is 5. The third-order valence-electron chi connectivity index (χ3n) is 2.64. The number of alkyl halides is 2. The molecule has 0 radical (unpaired) electrons. The summed E-state index contributed by atoms with van der Waals surface area (Å²) in [6.07, 6.45) is 0. The highest BCUT2D eigenvalue weighted by Crippen LogP contribution is 2.26. The lowest BCUT2D eigenvalue weighted by atomic mass is 10.2. The number of anilines is 1. The lowest BCUT2D eigenvalue weighted by Gasteiger charge is -2.13. The fourth-order valence-electron chi connectivity index (χ4n) is 1.72. The summed E-state index contributed by atoms with van der Waals surface area (Å²) in [5.41, 5.74) is 0.479. The Morgan fingerprint density at radius 3 is 2.52 bits per heavy atom. The number of benzene rings is 2. The molecule has 21 heavy (non-hydrogen) atoms. The fourth-order valence-corrected chi connectivity index (χ4v) is 2.13. The fraction of sp³-hybridized carbons (Fsp3) is 0.143. The Kier molecular flexibility index (Phi) is 5.06. The second kappa shape index (κ2) is 6.80. The van der Waals surface area contributed by atoms with Gasteiger partial charge in [-0.3, -0.25) is 0 Å². The van der Waals surface area contributed by atoms with Crippen LogP contribution in [0.25, 0.3) is 0 Å². The van der Waals surface area contributed by atoms with Crippen LogP contribution in [0.15, 0.2) is 40.9 Å². The molecule has 0 aliphatic heterocycles. The number of hydrogen-bond acceptors (Lipinski definition) is 2. The minimum absolute atomic E-state index is 0.0109. The summed E-state index contributed by atoms with van der Waals surface area (Å²) in [7, 11) is 0. The monoisotopic (exact) mass is 363 g/mol. The molecule has 0 atom stereocenters. The van der Waals surface area contributed by atoms with Gasteiger partial charge in [0.25, 0.3) is 0 Å². The van der Waals surface area contributed by atoms with Gasteiger partial charge in [-0.1, -0.05) is 15.9 Å². The van der Waals surface area contributed by atoms with Crippen LogP contribution in [-0.4, -0.2) is 6.61 Å². The number of hydrogen-bond donors (Lipinski definition) is 1. The zero-order chi connectivity index (χ0) is 15.4. The van der Waals surface area contributed by atoms with Crippen molar-refractivity contribution in [2.24, 2.45) is 0 Å². The van der Waals surface area contributed by atoms with Crippen molar-refractivity contribution in [2.45, 2.75) is 13.2 Å². The van der Waals surface area contributed by atoms with Crippen LogP contribution < -0.4 is 10.1 Å². The van der Waals surface area contributed by atoms with Gasteiger partial charge in [-0.25, -0.2) is 8.78 Å². The second-order valence-corrected chi connectivity index (χ2v) is 5.02. The zero-order valence-corrected chi connectivity index (χ0v) is 12.1. The van der Waals surface area contributed by atoms with E-state index in [4.69, 9.17) is 0 Å². The van der Waals surface area contributed by atoms with E-state index in [9.17, 15) is 17.6 Å². The van der Waals surface area contributed by atoms with Gasteiger partial charge < -0.3 is 10.1 Å². The summed E-state index contributed by atoms with van der Waals surface area (Å²) < 4.78 is 56.0. The van der Waals surface area contributed by atoms with E-state index in [1.807, 2.05) is 0 Å². The number of nitrogens with one attached hydrogen (secondary N) is 1. The van der Waals surface area contributed by atoms with Gasteiger partial charge in [-0.15, -0.1) is 0 Å². The molecule has 0 aromatic heterocycles. The van der Waals surface area contributed by atoms with Crippen molar-refractivity contribution in [3.8, 4) is 5.75 Å². The molecule has 0 saturated heterocycles. The second-order valence-electron chi connectivity index (χ2n) is 4.11. The van der Waals surface area contributed by atoms with Crippen molar-refractivity contribution in [3.05, 3.63) is 58.1 Å². The van der Waals surface area contributed by atoms with Crippen molar-refractivity contribution in [2.75, 3.05) is 5.32 Å². The minimum Gasteiger partial charge on any atom is -0.434 e. The normalized spacial score (nSPS) is 10.8. The van der Waals surface area contributed by atoms with E-state index in [-0.39, 0.29) is 18.0 Å². The SMILES string of the molecule is Fc1ccc(NCc2cc(Br)ccc2OC(F)F)c(F)c1. The van der Waals surface area contributed by atoms with Crippen LogP contribution in [-0.2, 0) is 6.54 Å².